The average Bonchev–Trinajstić information content (AvgIpc) is 2.84. The van der Waals surface area contributed by atoms with E-state index in [9.17, 15) is 19.2 Å². The van der Waals surface area contributed by atoms with Crippen molar-refractivity contribution in [2.75, 3.05) is 38.7 Å². The highest BCUT2D eigenvalue weighted by Crippen LogP contribution is 2.21. The number of benzene rings is 2. The molecule has 1 unspecified atom stereocenters. The van der Waals surface area contributed by atoms with Gasteiger partial charge in [-0.15, -0.1) is 0 Å². The van der Waals surface area contributed by atoms with Crippen LogP contribution in [0, 0.1) is 0 Å². The number of hydrogen-bond acceptors (Lipinski definition) is 8. The lowest BCUT2D eigenvalue weighted by Gasteiger charge is -2.30. The molecule has 10 heteroatoms. The monoisotopic (exact) mass is 468 g/mol. The summed E-state index contributed by atoms with van der Waals surface area (Å²) in [4.78, 5) is 49.3. The standard InChI is InChI=1S/C24H28N4O6/c1-28(21-7-8-22(30)27-23(21)31)24(32)20-6-5-17(13-16(20)15-29)26-10-12-34-19-4-2-3-18(14-19)33-11-9-25/h2-6,13-15,21,26H,7-12,25H2,1H3,(H,27,30,31). The number of likely N-dealkylation sites (N-methyl/N-ethyl adjacent to an activating group) is 1. The summed E-state index contributed by atoms with van der Waals surface area (Å²) < 4.78 is 11.2. The number of amides is 3. The zero-order valence-corrected chi connectivity index (χ0v) is 18.9. The largest absolute Gasteiger partial charge is 0.492 e. The van der Waals surface area contributed by atoms with Crippen LogP contribution in [0.2, 0.25) is 0 Å². The predicted molar refractivity (Wildman–Crippen MR) is 125 cm³/mol. The highest BCUT2D eigenvalue weighted by atomic mass is 16.5. The van der Waals surface area contributed by atoms with Gasteiger partial charge in [-0.2, -0.15) is 0 Å². The second-order valence-electron chi connectivity index (χ2n) is 7.69. The van der Waals surface area contributed by atoms with Gasteiger partial charge in [-0.3, -0.25) is 24.5 Å². The maximum atomic E-state index is 12.9. The molecule has 1 aliphatic heterocycles. The van der Waals surface area contributed by atoms with Crippen molar-refractivity contribution in [3.63, 3.8) is 0 Å². The highest BCUT2D eigenvalue weighted by Gasteiger charge is 2.33. The Morgan fingerprint density at radius 2 is 1.91 bits per heavy atom. The van der Waals surface area contributed by atoms with Crippen LogP contribution in [0.5, 0.6) is 11.5 Å². The molecule has 1 fully saturated rings. The number of carbonyl (C=O) groups is 4. The number of piperidine rings is 1. The van der Waals surface area contributed by atoms with Crippen molar-refractivity contribution < 1.29 is 28.7 Å². The van der Waals surface area contributed by atoms with Crippen molar-refractivity contribution in [3.05, 3.63) is 53.6 Å². The van der Waals surface area contributed by atoms with Crippen molar-refractivity contribution >= 4 is 29.7 Å². The van der Waals surface area contributed by atoms with Gasteiger partial charge in [-0.1, -0.05) is 6.07 Å². The normalized spacial score (nSPS) is 15.3. The molecule has 0 aliphatic carbocycles. The first-order valence-corrected chi connectivity index (χ1v) is 10.9. The molecule has 34 heavy (non-hydrogen) atoms. The van der Waals surface area contributed by atoms with Crippen LogP contribution in [-0.4, -0.2) is 68.3 Å². The number of carbonyl (C=O) groups excluding carboxylic acids is 4. The van der Waals surface area contributed by atoms with Crippen molar-refractivity contribution in [2.45, 2.75) is 18.9 Å². The molecular formula is C24H28N4O6. The summed E-state index contributed by atoms with van der Waals surface area (Å²) in [5.41, 5.74) is 6.46. The number of nitrogens with two attached hydrogens (primary N) is 1. The van der Waals surface area contributed by atoms with Gasteiger partial charge < -0.3 is 25.4 Å². The fourth-order valence-corrected chi connectivity index (χ4v) is 3.54. The van der Waals surface area contributed by atoms with Gasteiger partial charge in [0.15, 0.2) is 6.29 Å². The zero-order valence-electron chi connectivity index (χ0n) is 18.9. The average molecular weight is 469 g/mol. The fourth-order valence-electron chi connectivity index (χ4n) is 3.54. The van der Waals surface area contributed by atoms with Gasteiger partial charge in [0.2, 0.25) is 11.8 Å². The highest BCUT2D eigenvalue weighted by molar-refractivity contribution is 6.06. The lowest BCUT2D eigenvalue weighted by Crippen LogP contribution is -2.53. The Morgan fingerprint density at radius 1 is 1.18 bits per heavy atom. The Balaban J connectivity index is 1.56. The molecule has 0 saturated carbocycles. The molecule has 3 amide bonds. The van der Waals surface area contributed by atoms with E-state index in [2.05, 4.69) is 10.6 Å². The summed E-state index contributed by atoms with van der Waals surface area (Å²) in [6, 6.07) is 11.3. The molecule has 1 saturated heterocycles. The lowest BCUT2D eigenvalue weighted by molar-refractivity contribution is -0.136. The molecule has 2 aromatic rings. The van der Waals surface area contributed by atoms with Crippen LogP contribution < -0.4 is 25.8 Å². The van der Waals surface area contributed by atoms with E-state index in [1.807, 2.05) is 18.2 Å². The van der Waals surface area contributed by atoms with Gasteiger partial charge in [0.1, 0.15) is 30.8 Å². The molecule has 0 bridgehead atoms. The summed E-state index contributed by atoms with van der Waals surface area (Å²) in [5.74, 6) is -0.0168. The number of ether oxygens (including phenoxy) is 2. The number of nitrogens with zero attached hydrogens (tertiary/aromatic N) is 1. The van der Waals surface area contributed by atoms with Crippen LogP contribution >= 0.6 is 0 Å². The van der Waals surface area contributed by atoms with Crippen LogP contribution in [-0.2, 0) is 9.59 Å². The summed E-state index contributed by atoms with van der Waals surface area (Å²) in [5, 5.41) is 5.38. The van der Waals surface area contributed by atoms with Crippen molar-refractivity contribution in [1.82, 2.24) is 10.2 Å². The molecule has 0 spiro atoms. The first-order chi connectivity index (χ1) is 16.4. The van der Waals surface area contributed by atoms with E-state index in [-0.39, 0.29) is 29.9 Å². The van der Waals surface area contributed by atoms with E-state index >= 15 is 0 Å². The maximum absolute atomic E-state index is 12.9. The van der Waals surface area contributed by atoms with E-state index in [1.54, 1.807) is 18.2 Å². The molecular weight excluding hydrogens is 440 g/mol. The third kappa shape index (κ3) is 6.32. The van der Waals surface area contributed by atoms with E-state index in [4.69, 9.17) is 15.2 Å². The van der Waals surface area contributed by atoms with E-state index in [0.717, 1.165) is 0 Å². The van der Waals surface area contributed by atoms with Crippen molar-refractivity contribution in [1.29, 1.82) is 0 Å². The number of hydrogen-bond donors (Lipinski definition) is 3. The molecule has 0 radical (unpaired) electrons. The summed E-state index contributed by atoms with van der Waals surface area (Å²) in [6.45, 7) is 1.66. The van der Waals surface area contributed by atoms with Crippen LogP contribution in [0.1, 0.15) is 33.6 Å². The topological polar surface area (TPSA) is 140 Å². The zero-order chi connectivity index (χ0) is 24.5. The van der Waals surface area contributed by atoms with E-state index in [0.29, 0.717) is 49.8 Å². The maximum Gasteiger partial charge on any atom is 0.255 e. The van der Waals surface area contributed by atoms with E-state index in [1.165, 1.54) is 18.0 Å². The number of imide groups is 1. The van der Waals surface area contributed by atoms with Gasteiger partial charge in [-0.25, -0.2) is 0 Å². The number of nitrogens with one attached hydrogen (secondary N) is 2. The Bertz CT molecular complexity index is 1060. The minimum Gasteiger partial charge on any atom is -0.492 e. The molecule has 10 nitrogen and oxygen atoms in total. The number of aldehydes is 1. The molecule has 1 atom stereocenters. The third-order valence-electron chi connectivity index (χ3n) is 5.30. The Morgan fingerprint density at radius 3 is 2.59 bits per heavy atom. The summed E-state index contributed by atoms with van der Waals surface area (Å²) >= 11 is 0. The Labute approximate surface area is 197 Å². The lowest BCUT2D eigenvalue weighted by atomic mass is 10.0. The van der Waals surface area contributed by atoms with Crippen LogP contribution in [0.15, 0.2) is 42.5 Å². The Hall–Kier alpha value is -3.92. The second-order valence-corrected chi connectivity index (χ2v) is 7.69. The van der Waals surface area contributed by atoms with E-state index < -0.39 is 17.9 Å². The first-order valence-electron chi connectivity index (χ1n) is 10.9. The first kappa shape index (κ1) is 24.7. The molecule has 0 aromatic heterocycles. The van der Waals surface area contributed by atoms with Gasteiger partial charge >= 0.3 is 0 Å². The minimum atomic E-state index is -0.765. The van der Waals surface area contributed by atoms with Gasteiger partial charge in [0.05, 0.1) is 5.56 Å². The third-order valence-corrected chi connectivity index (χ3v) is 5.30. The molecule has 180 valence electrons. The van der Waals surface area contributed by atoms with Crippen LogP contribution in [0.3, 0.4) is 0 Å². The minimum absolute atomic E-state index is 0.157. The quantitative estimate of drug-likeness (QED) is 0.254. The molecule has 3 rings (SSSR count). The molecule has 4 N–H and O–H groups in total. The fraction of sp³-hybridized carbons (Fsp3) is 0.333. The smallest absolute Gasteiger partial charge is 0.255 e. The molecule has 1 heterocycles. The summed E-state index contributed by atoms with van der Waals surface area (Å²) in [6.07, 6.45) is 0.996. The molecule has 1 aliphatic rings. The number of rotatable bonds is 11. The summed E-state index contributed by atoms with van der Waals surface area (Å²) in [7, 11) is 1.48. The van der Waals surface area contributed by atoms with Gasteiger partial charge in [-0.05, 0) is 36.8 Å². The van der Waals surface area contributed by atoms with Crippen molar-refractivity contribution in [2.24, 2.45) is 5.73 Å². The van der Waals surface area contributed by atoms with Crippen LogP contribution in [0.25, 0.3) is 0 Å². The number of anilines is 1. The molecule has 2 aromatic carbocycles. The predicted octanol–water partition coefficient (Wildman–Crippen LogP) is 1.20. The van der Waals surface area contributed by atoms with Crippen molar-refractivity contribution in [3.8, 4) is 11.5 Å². The second kappa shape index (κ2) is 11.8. The van der Waals surface area contributed by atoms with Gasteiger partial charge in [0, 0.05) is 43.9 Å². The van der Waals surface area contributed by atoms with Gasteiger partial charge in [0.25, 0.3) is 5.91 Å². The Kier molecular flexibility index (Phi) is 8.58. The van der Waals surface area contributed by atoms with Crippen LogP contribution in [0.4, 0.5) is 5.69 Å². The SMILES string of the molecule is CN(C(=O)c1ccc(NCCOc2cccc(OCCN)c2)cc1C=O)C1CCC(=O)NC1=O.